The smallest absolute Gasteiger partial charge is 0.290 e. The van der Waals surface area contributed by atoms with E-state index in [4.69, 9.17) is 9.15 Å². The van der Waals surface area contributed by atoms with Gasteiger partial charge >= 0.3 is 0 Å². The fourth-order valence-electron chi connectivity index (χ4n) is 4.04. The van der Waals surface area contributed by atoms with E-state index in [1.165, 1.54) is 4.90 Å². The number of carbonyl (C=O) groups is 2. The molecule has 0 aliphatic carbocycles. The average Bonchev–Trinajstić information content (AvgIpc) is 3.31. The predicted molar refractivity (Wildman–Crippen MR) is 125 cm³/mol. The molecule has 172 valence electrons. The van der Waals surface area contributed by atoms with Crippen molar-refractivity contribution in [2.45, 2.75) is 26.0 Å². The molecular formula is C26H28N2O5. The summed E-state index contributed by atoms with van der Waals surface area (Å²) < 4.78 is 11.8. The van der Waals surface area contributed by atoms with E-state index in [1.54, 1.807) is 12.1 Å². The second-order valence-electron chi connectivity index (χ2n) is 8.65. The Morgan fingerprint density at radius 2 is 1.85 bits per heavy atom. The Bertz CT molecular complexity index is 1190. The first-order valence-electron chi connectivity index (χ1n) is 11.0. The Morgan fingerprint density at radius 1 is 1.15 bits per heavy atom. The van der Waals surface area contributed by atoms with Crippen molar-refractivity contribution in [3.05, 3.63) is 77.3 Å². The third-order valence-electron chi connectivity index (χ3n) is 5.56. The lowest BCUT2D eigenvalue weighted by Gasteiger charge is -2.29. The fourth-order valence-corrected chi connectivity index (χ4v) is 4.04. The van der Waals surface area contributed by atoms with Crippen LogP contribution in [-0.4, -0.2) is 59.9 Å². The number of carbonyl (C=O) groups excluding carboxylic acids is 2. The van der Waals surface area contributed by atoms with E-state index in [0.29, 0.717) is 30.0 Å². The molecule has 0 saturated carbocycles. The minimum Gasteiger partial charge on any atom is -0.503 e. The Balaban J connectivity index is 1.82. The lowest BCUT2D eigenvalue weighted by Crippen LogP contribution is -2.36. The lowest BCUT2D eigenvalue weighted by atomic mass is 9.94. The van der Waals surface area contributed by atoms with E-state index in [0.717, 1.165) is 5.39 Å². The van der Waals surface area contributed by atoms with Gasteiger partial charge < -0.3 is 24.1 Å². The van der Waals surface area contributed by atoms with Crippen LogP contribution in [0.4, 0.5) is 0 Å². The SMILES string of the molecule is CC(C)Oc1ccccc1C1C(C(=O)c2cc3ccccc3o2)=C(O)C(=O)N1CCN(C)C. The minimum atomic E-state index is -0.798. The molecule has 1 atom stereocenters. The number of likely N-dealkylation sites (N-methyl/N-ethyl adjacent to an activating group) is 1. The summed E-state index contributed by atoms with van der Waals surface area (Å²) in [6.45, 7) is 4.71. The van der Waals surface area contributed by atoms with Crippen molar-refractivity contribution in [2.24, 2.45) is 0 Å². The van der Waals surface area contributed by atoms with Crippen LogP contribution in [0.1, 0.15) is 36.0 Å². The number of amides is 1. The van der Waals surface area contributed by atoms with Crippen LogP contribution in [0.25, 0.3) is 11.0 Å². The summed E-state index contributed by atoms with van der Waals surface area (Å²) >= 11 is 0. The van der Waals surface area contributed by atoms with Gasteiger partial charge in [-0.05, 0) is 46.1 Å². The average molecular weight is 449 g/mol. The number of benzene rings is 2. The molecule has 0 bridgehead atoms. The monoisotopic (exact) mass is 448 g/mol. The summed E-state index contributed by atoms with van der Waals surface area (Å²) in [7, 11) is 3.80. The molecule has 33 heavy (non-hydrogen) atoms. The molecule has 1 N–H and O–H groups in total. The van der Waals surface area contributed by atoms with E-state index in [2.05, 4.69) is 0 Å². The number of rotatable bonds is 8. The van der Waals surface area contributed by atoms with Crippen LogP contribution in [0.2, 0.25) is 0 Å². The molecule has 7 heteroatoms. The highest BCUT2D eigenvalue weighted by atomic mass is 16.5. The number of Topliss-reactive ketones (excluding diaryl/α,β-unsaturated/α-hetero) is 1. The number of fused-ring (bicyclic) bond motifs is 1. The first kappa shape index (κ1) is 22.6. The van der Waals surface area contributed by atoms with E-state index in [9.17, 15) is 14.7 Å². The number of ether oxygens (including phenoxy) is 1. The Hall–Kier alpha value is -3.58. The number of hydrogen-bond donors (Lipinski definition) is 1. The molecule has 1 aliphatic rings. The summed E-state index contributed by atoms with van der Waals surface area (Å²) in [5, 5.41) is 11.6. The van der Waals surface area contributed by atoms with Gasteiger partial charge in [-0.25, -0.2) is 0 Å². The molecule has 2 aromatic carbocycles. The van der Waals surface area contributed by atoms with Gasteiger partial charge in [0.25, 0.3) is 5.91 Å². The summed E-state index contributed by atoms with van der Waals surface area (Å²) in [4.78, 5) is 30.2. The maximum Gasteiger partial charge on any atom is 0.290 e. The van der Waals surface area contributed by atoms with Crippen LogP contribution in [0.3, 0.4) is 0 Å². The Morgan fingerprint density at radius 3 is 2.55 bits per heavy atom. The van der Waals surface area contributed by atoms with Crippen molar-refractivity contribution in [3.8, 4) is 5.75 Å². The van der Waals surface area contributed by atoms with Crippen molar-refractivity contribution >= 4 is 22.7 Å². The lowest BCUT2D eigenvalue weighted by molar-refractivity contribution is -0.129. The maximum atomic E-state index is 13.6. The molecule has 1 aliphatic heterocycles. The number of nitrogens with zero attached hydrogens (tertiary/aromatic N) is 2. The Labute approximate surface area is 192 Å². The van der Waals surface area contributed by atoms with Gasteiger partial charge in [0.15, 0.2) is 11.5 Å². The normalized spacial score (nSPS) is 16.5. The molecule has 0 saturated heterocycles. The van der Waals surface area contributed by atoms with Crippen LogP contribution < -0.4 is 4.74 Å². The molecule has 0 fully saturated rings. The second-order valence-corrected chi connectivity index (χ2v) is 8.65. The van der Waals surface area contributed by atoms with Crippen molar-refractivity contribution < 1.29 is 23.8 Å². The molecule has 2 heterocycles. The van der Waals surface area contributed by atoms with Gasteiger partial charge in [-0.3, -0.25) is 9.59 Å². The molecule has 7 nitrogen and oxygen atoms in total. The summed E-state index contributed by atoms with van der Waals surface area (Å²) in [5.41, 5.74) is 1.20. The van der Waals surface area contributed by atoms with Crippen LogP contribution in [0.15, 0.2) is 70.3 Å². The highest BCUT2D eigenvalue weighted by molar-refractivity contribution is 6.16. The van der Waals surface area contributed by atoms with E-state index in [1.807, 2.05) is 75.3 Å². The van der Waals surface area contributed by atoms with Gasteiger partial charge in [-0.1, -0.05) is 36.4 Å². The molecule has 1 aromatic heterocycles. The molecule has 0 radical (unpaired) electrons. The van der Waals surface area contributed by atoms with Gasteiger partial charge in [0, 0.05) is 24.0 Å². The number of hydrogen-bond acceptors (Lipinski definition) is 6. The molecule has 1 amide bonds. The minimum absolute atomic E-state index is 0.00221. The van der Waals surface area contributed by atoms with Gasteiger partial charge in [0.2, 0.25) is 5.78 Å². The zero-order valence-corrected chi connectivity index (χ0v) is 19.2. The van der Waals surface area contributed by atoms with E-state index in [-0.39, 0.29) is 17.4 Å². The number of furan rings is 1. The molecule has 0 spiro atoms. The van der Waals surface area contributed by atoms with Gasteiger partial charge in [-0.2, -0.15) is 0 Å². The standard InChI is InChI=1S/C26H28N2O5/c1-16(2)32-20-12-8-6-10-18(20)23-22(25(30)26(31)28(23)14-13-27(3)4)24(29)21-15-17-9-5-7-11-19(17)33-21/h5-12,15-16,23,30H,13-14H2,1-4H3. The fraction of sp³-hybridized carbons (Fsp3) is 0.308. The molecule has 3 aromatic rings. The van der Waals surface area contributed by atoms with Crippen LogP contribution in [-0.2, 0) is 4.79 Å². The van der Waals surface area contributed by atoms with Crippen LogP contribution in [0, 0.1) is 0 Å². The van der Waals surface area contributed by atoms with Crippen molar-refractivity contribution in [2.75, 3.05) is 27.2 Å². The predicted octanol–water partition coefficient (Wildman–Crippen LogP) is 4.36. The summed E-state index contributed by atoms with van der Waals surface area (Å²) in [6.07, 6.45) is -0.106. The van der Waals surface area contributed by atoms with E-state index < -0.39 is 23.5 Å². The maximum absolute atomic E-state index is 13.6. The van der Waals surface area contributed by atoms with Crippen molar-refractivity contribution in [3.63, 3.8) is 0 Å². The van der Waals surface area contributed by atoms with E-state index >= 15 is 0 Å². The quantitative estimate of drug-likeness (QED) is 0.516. The van der Waals surface area contributed by atoms with Gasteiger partial charge in [0.1, 0.15) is 11.3 Å². The van der Waals surface area contributed by atoms with Crippen molar-refractivity contribution in [1.29, 1.82) is 0 Å². The highest BCUT2D eigenvalue weighted by Crippen LogP contribution is 2.42. The Kier molecular flexibility index (Phi) is 6.24. The van der Waals surface area contributed by atoms with Gasteiger partial charge in [-0.15, -0.1) is 0 Å². The number of aliphatic hydroxyl groups excluding tert-OH is 1. The summed E-state index contributed by atoms with van der Waals surface area (Å²) in [6, 6.07) is 15.4. The third kappa shape index (κ3) is 4.36. The number of para-hydroxylation sites is 2. The first-order chi connectivity index (χ1) is 15.8. The van der Waals surface area contributed by atoms with Crippen molar-refractivity contribution in [1.82, 2.24) is 9.80 Å². The molecular weight excluding hydrogens is 420 g/mol. The molecule has 1 unspecified atom stereocenters. The largest absolute Gasteiger partial charge is 0.503 e. The number of ketones is 1. The van der Waals surface area contributed by atoms with Crippen LogP contribution >= 0.6 is 0 Å². The summed E-state index contributed by atoms with van der Waals surface area (Å²) in [5.74, 6) is -1.02. The first-order valence-corrected chi connectivity index (χ1v) is 11.0. The molecule has 4 rings (SSSR count). The zero-order valence-electron chi connectivity index (χ0n) is 19.2. The van der Waals surface area contributed by atoms with Crippen LogP contribution in [0.5, 0.6) is 5.75 Å². The number of aliphatic hydroxyl groups is 1. The zero-order chi connectivity index (χ0) is 23.7. The topological polar surface area (TPSA) is 83.2 Å². The third-order valence-corrected chi connectivity index (χ3v) is 5.56. The highest BCUT2D eigenvalue weighted by Gasteiger charge is 2.45. The van der Waals surface area contributed by atoms with Gasteiger partial charge in [0.05, 0.1) is 17.7 Å². The second kappa shape index (κ2) is 9.11.